The quantitative estimate of drug-likeness (QED) is 0.692. The lowest BCUT2D eigenvalue weighted by atomic mass is 9.78. The van der Waals surface area contributed by atoms with Gasteiger partial charge < -0.3 is 14.6 Å². The van der Waals surface area contributed by atoms with Gasteiger partial charge in [0.2, 0.25) is 0 Å². The molecule has 2 unspecified atom stereocenters. The molecule has 0 aromatic heterocycles. The molecule has 1 aliphatic heterocycles. The number of hydrogen-bond donors (Lipinski definition) is 1. The first-order valence-electron chi connectivity index (χ1n) is 5.12. The number of aliphatic carboxylic acids is 1. The standard InChI is InChI=1S/C10H16O4/c1-7-4-8(9(11)12)6-10(5-7)13-2-3-14-10/h7-8H,2-6H2,1H3,(H,11,12). The Labute approximate surface area is 83.2 Å². The van der Waals surface area contributed by atoms with Gasteiger partial charge in [0.15, 0.2) is 5.79 Å². The van der Waals surface area contributed by atoms with Crippen molar-refractivity contribution < 1.29 is 19.4 Å². The van der Waals surface area contributed by atoms with Gasteiger partial charge in [0.1, 0.15) is 0 Å². The van der Waals surface area contributed by atoms with E-state index in [0.717, 1.165) is 12.8 Å². The van der Waals surface area contributed by atoms with Crippen LogP contribution in [-0.2, 0) is 14.3 Å². The zero-order valence-electron chi connectivity index (χ0n) is 8.36. The summed E-state index contributed by atoms with van der Waals surface area (Å²) in [5, 5.41) is 8.99. The molecule has 0 bridgehead atoms. The second kappa shape index (κ2) is 3.51. The number of carboxylic acids is 1. The zero-order valence-corrected chi connectivity index (χ0v) is 8.36. The van der Waals surface area contributed by atoms with Crippen molar-refractivity contribution in [3.63, 3.8) is 0 Å². The summed E-state index contributed by atoms with van der Waals surface area (Å²) >= 11 is 0. The molecule has 4 heteroatoms. The first kappa shape index (κ1) is 9.93. The van der Waals surface area contributed by atoms with Gasteiger partial charge in [0.25, 0.3) is 0 Å². The van der Waals surface area contributed by atoms with Crippen LogP contribution in [0.25, 0.3) is 0 Å². The van der Waals surface area contributed by atoms with Crippen LogP contribution in [0.5, 0.6) is 0 Å². The first-order valence-corrected chi connectivity index (χ1v) is 5.12. The molecule has 2 fully saturated rings. The maximum atomic E-state index is 10.9. The number of carboxylic acid groups (broad SMARTS) is 1. The van der Waals surface area contributed by atoms with Gasteiger partial charge in [-0.15, -0.1) is 0 Å². The minimum absolute atomic E-state index is 0.308. The van der Waals surface area contributed by atoms with Crippen LogP contribution in [0.3, 0.4) is 0 Å². The predicted octanol–water partition coefficient (Wildman–Crippen LogP) is 1.25. The number of hydrogen-bond acceptors (Lipinski definition) is 3. The summed E-state index contributed by atoms with van der Waals surface area (Å²) in [6.45, 7) is 3.25. The second-order valence-corrected chi connectivity index (χ2v) is 4.39. The third-order valence-electron chi connectivity index (χ3n) is 3.07. The largest absolute Gasteiger partial charge is 0.481 e. The Bertz CT molecular complexity index is 232. The topological polar surface area (TPSA) is 55.8 Å². The Morgan fingerprint density at radius 1 is 1.36 bits per heavy atom. The molecule has 0 amide bonds. The van der Waals surface area contributed by atoms with Crippen molar-refractivity contribution in [3.8, 4) is 0 Å². The van der Waals surface area contributed by atoms with Gasteiger partial charge in [-0.25, -0.2) is 0 Å². The van der Waals surface area contributed by atoms with Crippen LogP contribution in [0.2, 0.25) is 0 Å². The Kier molecular flexibility index (Phi) is 2.49. The van der Waals surface area contributed by atoms with E-state index in [-0.39, 0.29) is 5.92 Å². The molecule has 0 aromatic carbocycles. The summed E-state index contributed by atoms with van der Waals surface area (Å²) in [6, 6.07) is 0. The van der Waals surface area contributed by atoms with Gasteiger partial charge in [-0.2, -0.15) is 0 Å². The Morgan fingerprint density at radius 2 is 2.00 bits per heavy atom. The van der Waals surface area contributed by atoms with Crippen molar-refractivity contribution in [1.82, 2.24) is 0 Å². The Balaban J connectivity index is 2.09. The fourth-order valence-corrected chi connectivity index (χ4v) is 2.56. The average Bonchev–Trinajstić information content (AvgIpc) is 2.51. The molecule has 1 heterocycles. The highest BCUT2D eigenvalue weighted by Gasteiger charge is 2.45. The van der Waals surface area contributed by atoms with Gasteiger partial charge in [-0.1, -0.05) is 6.92 Å². The zero-order chi connectivity index (χ0) is 10.2. The molecular formula is C10H16O4. The van der Waals surface area contributed by atoms with E-state index < -0.39 is 11.8 Å². The van der Waals surface area contributed by atoms with E-state index in [9.17, 15) is 4.79 Å². The van der Waals surface area contributed by atoms with Crippen LogP contribution in [0.1, 0.15) is 26.2 Å². The van der Waals surface area contributed by atoms with Crippen molar-refractivity contribution in [1.29, 1.82) is 0 Å². The van der Waals surface area contributed by atoms with E-state index in [4.69, 9.17) is 14.6 Å². The minimum atomic E-state index is -0.727. The van der Waals surface area contributed by atoms with Gasteiger partial charge in [0, 0.05) is 12.8 Å². The molecule has 80 valence electrons. The van der Waals surface area contributed by atoms with E-state index in [1.54, 1.807) is 0 Å². The van der Waals surface area contributed by atoms with Crippen LogP contribution >= 0.6 is 0 Å². The number of ether oxygens (including phenoxy) is 2. The highest BCUT2D eigenvalue weighted by molar-refractivity contribution is 5.70. The summed E-state index contributed by atoms with van der Waals surface area (Å²) < 4.78 is 11.1. The molecule has 1 N–H and O–H groups in total. The van der Waals surface area contributed by atoms with Crippen LogP contribution < -0.4 is 0 Å². The van der Waals surface area contributed by atoms with Crippen LogP contribution in [0.4, 0.5) is 0 Å². The van der Waals surface area contributed by atoms with Crippen molar-refractivity contribution in [2.75, 3.05) is 13.2 Å². The van der Waals surface area contributed by atoms with Crippen molar-refractivity contribution >= 4 is 5.97 Å². The molecular weight excluding hydrogens is 184 g/mol. The molecule has 1 saturated heterocycles. The SMILES string of the molecule is CC1CC(C(=O)O)CC2(C1)OCCO2. The van der Waals surface area contributed by atoms with Crippen molar-refractivity contribution in [3.05, 3.63) is 0 Å². The summed E-state index contributed by atoms with van der Waals surface area (Å²) in [5.74, 6) is -1.25. The van der Waals surface area contributed by atoms with Gasteiger partial charge in [-0.3, -0.25) is 4.79 Å². The van der Waals surface area contributed by atoms with E-state index in [2.05, 4.69) is 6.92 Å². The molecule has 4 nitrogen and oxygen atoms in total. The molecule has 1 aliphatic carbocycles. The lowest BCUT2D eigenvalue weighted by molar-refractivity contribution is -0.201. The van der Waals surface area contributed by atoms with Gasteiger partial charge in [-0.05, 0) is 12.3 Å². The van der Waals surface area contributed by atoms with Crippen LogP contribution in [-0.4, -0.2) is 30.1 Å². The van der Waals surface area contributed by atoms with E-state index >= 15 is 0 Å². The Morgan fingerprint density at radius 3 is 2.57 bits per heavy atom. The molecule has 0 aromatic rings. The molecule has 2 atom stereocenters. The van der Waals surface area contributed by atoms with E-state index in [0.29, 0.717) is 25.6 Å². The maximum absolute atomic E-state index is 10.9. The molecule has 2 rings (SSSR count). The summed E-state index contributed by atoms with van der Waals surface area (Å²) in [7, 11) is 0. The summed E-state index contributed by atoms with van der Waals surface area (Å²) in [6.07, 6.45) is 2.08. The van der Waals surface area contributed by atoms with Crippen molar-refractivity contribution in [2.45, 2.75) is 32.0 Å². The maximum Gasteiger partial charge on any atom is 0.306 e. The minimum Gasteiger partial charge on any atom is -0.481 e. The number of rotatable bonds is 1. The lowest BCUT2D eigenvalue weighted by Crippen LogP contribution is -2.41. The van der Waals surface area contributed by atoms with E-state index in [1.807, 2.05) is 0 Å². The molecule has 14 heavy (non-hydrogen) atoms. The van der Waals surface area contributed by atoms with Crippen LogP contribution in [0.15, 0.2) is 0 Å². The monoisotopic (exact) mass is 200 g/mol. The normalized spacial score (nSPS) is 36.1. The highest BCUT2D eigenvalue weighted by atomic mass is 16.7. The third kappa shape index (κ3) is 1.77. The fourth-order valence-electron chi connectivity index (χ4n) is 2.56. The summed E-state index contributed by atoms with van der Waals surface area (Å²) in [4.78, 5) is 10.9. The first-order chi connectivity index (χ1) is 6.61. The Hall–Kier alpha value is -0.610. The molecule has 1 saturated carbocycles. The predicted molar refractivity (Wildman–Crippen MR) is 48.8 cm³/mol. The van der Waals surface area contributed by atoms with Crippen molar-refractivity contribution in [2.24, 2.45) is 11.8 Å². The third-order valence-corrected chi connectivity index (χ3v) is 3.07. The highest BCUT2D eigenvalue weighted by Crippen LogP contribution is 2.41. The van der Waals surface area contributed by atoms with Gasteiger partial charge in [0.05, 0.1) is 19.1 Å². The smallest absolute Gasteiger partial charge is 0.306 e. The number of carbonyl (C=O) groups is 1. The van der Waals surface area contributed by atoms with E-state index in [1.165, 1.54) is 0 Å². The second-order valence-electron chi connectivity index (χ2n) is 4.39. The summed E-state index contributed by atoms with van der Waals surface area (Å²) in [5.41, 5.74) is 0. The lowest BCUT2D eigenvalue weighted by Gasteiger charge is -2.37. The van der Waals surface area contributed by atoms with Crippen LogP contribution in [0, 0.1) is 11.8 Å². The average molecular weight is 200 g/mol. The molecule has 0 radical (unpaired) electrons. The molecule has 2 aliphatic rings. The molecule has 1 spiro atoms. The fraction of sp³-hybridized carbons (Fsp3) is 0.900. The van der Waals surface area contributed by atoms with Gasteiger partial charge >= 0.3 is 5.97 Å².